The number of hydrogen-bond acceptors (Lipinski definition) is 9. The third-order valence-electron chi connectivity index (χ3n) is 13.1. The number of Topliss-reactive ketones (excluding diaryl/α,β-unsaturated/α-hetero) is 1. The Morgan fingerprint density at radius 3 is 2.17 bits per heavy atom. The van der Waals surface area contributed by atoms with Gasteiger partial charge >= 0.3 is 7.12 Å². The summed E-state index contributed by atoms with van der Waals surface area (Å²) in [4.78, 5) is 68.4. The van der Waals surface area contributed by atoms with Crippen LogP contribution in [-0.2, 0) is 18.9 Å². The number of carbonyl (C=O) groups is 4. The molecule has 15 heteroatoms. The number of nitrogens with zero attached hydrogens (tertiary/aromatic N) is 3. The second kappa shape index (κ2) is 20.9. The number of unbranched alkanes of at least 4 members (excludes halogenated alkanes) is 8. The van der Waals surface area contributed by atoms with Crippen LogP contribution >= 0.6 is 0 Å². The molecule has 5 aliphatic rings. The zero-order chi connectivity index (χ0) is 41.3. The molecule has 4 fully saturated rings. The number of hydrazine groups is 1. The lowest BCUT2D eigenvalue weighted by molar-refractivity contribution is -0.525. The van der Waals surface area contributed by atoms with Crippen molar-refractivity contribution in [1.29, 1.82) is 0 Å². The fourth-order valence-electron chi connectivity index (χ4n) is 9.76. The third-order valence-corrected chi connectivity index (χ3v) is 13.1. The summed E-state index contributed by atoms with van der Waals surface area (Å²) < 4.78 is 13.3. The molecule has 2 heterocycles. The summed E-state index contributed by atoms with van der Waals surface area (Å²) in [6.07, 6.45) is 12.9. The molecule has 322 valence electrons. The van der Waals surface area contributed by atoms with Crippen LogP contribution in [0.15, 0.2) is 29.3 Å². The monoisotopic (exact) mass is 809 g/mol. The van der Waals surface area contributed by atoms with E-state index in [1.165, 1.54) is 4.90 Å². The summed E-state index contributed by atoms with van der Waals surface area (Å²) in [6.45, 7) is 11.7. The van der Waals surface area contributed by atoms with Crippen molar-refractivity contribution in [1.82, 2.24) is 15.6 Å². The Hall–Kier alpha value is -3.85. The molecule has 2 bridgehead atoms. The number of rotatable bonds is 24. The molecular formula is C43H69BN6O8. The van der Waals surface area contributed by atoms with Crippen molar-refractivity contribution in [2.24, 2.45) is 39.8 Å². The summed E-state index contributed by atoms with van der Waals surface area (Å²) in [5.74, 6) is -0.543. The van der Waals surface area contributed by atoms with Gasteiger partial charge in [-0.15, -0.1) is 0 Å². The van der Waals surface area contributed by atoms with Crippen LogP contribution in [-0.4, -0.2) is 77.3 Å². The van der Waals surface area contributed by atoms with Crippen LogP contribution < -0.4 is 16.5 Å². The van der Waals surface area contributed by atoms with Gasteiger partial charge in [0, 0.05) is 31.8 Å². The molecule has 3 aliphatic carbocycles. The van der Waals surface area contributed by atoms with Gasteiger partial charge in [-0.3, -0.25) is 24.1 Å². The van der Waals surface area contributed by atoms with Gasteiger partial charge in [0.25, 0.3) is 17.8 Å². The van der Waals surface area contributed by atoms with Gasteiger partial charge in [0.1, 0.15) is 5.78 Å². The zero-order valence-electron chi connectivity index (χ0n) is 34.8. The number of aliphatic imine (C=N–C) groups is 1. The second-order valence-corrected chi connectivity index (χ2v) is 18.0. The highest BCUT2D eigenvalue weighted by Gasteiger charge is 2.68. The van der Waals surface area contributed by atoms with E-state index in [0.717, 1.165) is 70.6 Å². The minimum Gasteiger partial charge on any atom is -0.404 e. The number of benzene rings is 1. The number of ketones is 1. The molecule has 14 nitrogen and oxygen atoms in total. The molecule has 0 unspecified atom stereocenters. The predicted molar refractivity (Wildman–Crippen MR) is 225 cm³/mol. The van der Waals surface area contributed by atoms with Gasteiger partial charge in [-0.05, 0) is 87.2 Å². The first-order valence-electron chi connectivity index (χ1n) is 21.4. The van der Waals surface area contributed by atoms with Crippen molar-refractivity contribution in [2.45, 2.75) is 162 Å². The van der Waals surface area contributed by atoms with E-state index in [1.54, 1.807) is 24.3 Å². The molecule has 0 aromatic heterocycles. The van der Waals surface area contributed by atoms with Gasteiger partial charge in [0.05, 0.1) is 28.8 Å². The Balaban J connectivity index is 0.00000744. The van der Waals surface area contributed by atoms with E-state index in [2.05, 4.69) is 44.9 Å². The fourth-order valence-corrected chi connectivity index (χ4v) is 9.76. The van der Waals surface area contributed by atoms with Gasteiger partial charge in [-0.2, -0.15) is 0 Å². The largest absolute Gasteiger partial charge is 0.481 e. The van der Waals surface area contributed by atoms with E-state index in [4.69, 9.17) is 15.0 Å². The maximum atomic E-state index is 14.0. The highest BCUT2D eigenvalue weighted by atomic mass is 16.7. The topological polar surface area (TPSA) is 196 Å². The highest BCUT2D eigenvalue weighted by molar-refractivity contribution is 6.47. The van der Waals surface area contributed by atoms with Crippen LogP contribution in [0.2, 0.25) is 0 Å². The molecule has 2 aliphatic heterocycles. The molecule has 0 spiro atoms. The Labute approximate surface area is 345 Å². The maximum absolute atomic E-state index is 14.0. The summed E-state index contributed by atoms with van der Waals surface area (Å²) in [5, 5.41) is 13.2. The molecule has 4 N–H and O–H groups in total. The molecule has 0 radical (unpaired) electrons. The van der Waals surface area contributed by atoms with Gasteiger partial charge in [-0.25, -0.2) is 15.1 Å². The molecule has 1 saturated heterocycles. The molecule has 3 saturated carbocycles. The summed E-state index contributed by atoms with van der Waals surface area (Å²) in [7, 11) is -0.569. The maximum Gasteiger partial charge on any atom is 0.481 e. The lowest BCUT2D eigenvalue weighted by Crippen LogP contribution is -2.65. The van der Waals surface area contributed by atoms with Crippen molar-refractivity contribution in [2.75, 3.05) is 13.1 Å². The standard InChI is InChI=1S/C42H65BN6O8.CH4/c1-28(2)24-36(43-56-35-27-30-26-34(41(30,3)4)42(35,5)57-43)46-37(51)29(18-17-22-45-40(44)47-49(54)55)25-31(50)19-13-11-9-7-6-8-10-12-16-23-48-38(52)32-20-14-15-21-33(32)39(48)53;/h14-15,20-21,28-30,34-36H,6-13,16-19,22-27H2,1-5H3,(H,46,51)(H3,44,45,47);1H4/t29-,30+,34+,35-,36+,42+;/m1./s1. The highest BCUT2D eigenvalue weighted by Crippen LogP contribution is 2.65. The lowest BCUT2D eigenvalue weighted by Gasteiger charge is -2.64. The number of imide groups is 1. The number of hydrogen-bond donors (Lipinski definition) is 3. The van der Waals surface area contributed by atoms with Crippen LogP contribution in [0.25, 0.3) is 0 Å². The average Bonchev–Trinajstić information content (AvgIpc) is 3.63. The number of fused-ring (bicyclic) bond motifs is 1. The smallest absolute Gasteiger partial charge is 0.404 e. The normalized spacial score (nSPS) is 24.1. The average molecular weight is 809 g/mol. The number of nitrogens with one attached hydrogen (secondary N) is 2. The number of nitro groups is 1. The van der Waals surface area contributed by atoms with E-state index in [0.29, 0.717) is 55.2 Å². The summed E-state index contributed by atoms with van der Waals surface area (Å²) in [5.41, 5.74) is 8.20. The molecule has 3 amide bonds. The number of carbonyl (C=O) groups excluding carboxylic acids is 4. The zero-order valence-corrected chi connectivity index (χ0v) is 34.8. The van der Waals surface area contributed by atoms with E-state index in [-0.39, 0.29) is 73.2 Å². The van der Waals surface area contributed by atoms with Crippen molar-refractivity contribution in [3.63, 3.8) is 0 Å². The van der Waals surface area contributed by atoms with Crippen LogP contribution in [0.3, 0.4) is 0 Å². The SMILES string of the molecule is C.CC(C)C[C@H](NC(=O)[C@H](CCCN=C(N)N[N+](=O)[O-])CC(=O)CCCCCCCCCCCN1C(=O)c2ccccc2C1=O)B1O[C@@H]2C[C@@H]3C[C@@H](C3(C)C)[C@]2(C)O1. The Bertz CT molecular complexity index is 1600. The Morgan fingerprint density at radius 2 is 1.59 bits per heavy atom. The fraction of sp³-hybridized carbons (Fsp3) is 0.744. The van der Waals surface area contributed by atoms with Gasteiger partial charge < -0.3 is 20.4 Å². The van der Waals surface area contributed by atoms with Crippen LogP contribution in [0.1, 0.15) is 165 Å². The molecule has 1 aromatic carbocycles. The molecule has 6 rings (SSSR count). The third kappa shape index (κ3) is 11.5. The van der Waals surface area contributed by atoms with Crippen molar-refractivity contribution < 1.29 is 33.5 Å². The quantitative estimate of drug-likeness (QED) is 0.0185. The summed E-state index contributed by atoms with van der Waals surface area (Å²) in [6, 6.07) is 6.98. The molecular weight excluding hydrogens is 739 g/mol. The Kier molecular flexibility index (Phi) is 16.9. The van der Waals surface area contributed by atoms with E-state index < -0.39 is 23.7 Å². The van der Waals surface area contributed by atoms with Gasteiger partial charge in [0.15, 0.2) is 5.03 Å². The van der Waals surface area contributed by atoms with Crippen LogP contribution in [0.4, 0.5) is 0 Å². The van der Waals surface area contributed by atoms with Gasteiger partial charge in [-0.1, -0.05) is 97.6 Å². The second-order valence-electron chi connectivity index (χ2n) is 18.0. The van der Waals surface area contributed by atoms with Crippen molar-refractivity contribution in [3.05, 3.63) is 45.5 Å². The van der Waals surface area contributed by atoms with Crippen molar-refractivity contribution in [3.8, 4) is 0 Å². The van der Waals surface area contributed by atoms with E-state index >= 15 is 0 Å². The molecule has 58 heavy (non-hydrogen) atoms. The minimum absolute atomic E-state index is 0. The first-order valence-corrected chi connectivity index (χ1v) is 21.4. The van der Waals surface area contributed by atoms with E-state index in [1.807, 2.05) is 5.43 Å². The van der Waals surface area contributed by atoms with Gasteiger partial charge in [0.2, 0.25) is 5.91 Å². The number of nitrogens with two attached hydrogens (primary N) is 1. The van der Waals surface area contributed by atoms with Crippen molar-refractivity contribution >= 4 is 36.6 Å². The molecule has 6 atom stereocenters. The van der Waals surface area contributed by atoms with E-state index in [9.17, 15) is 29.3 Å². The first kappa shape index (κ1) is 46.8. The number of amides is 3. The van der Waals surface area contributed by atoms with Crippen LogP contribution in [0.5, 0.6) is 0 Å². The lowest BCUT2D eigenvalue weighted by atomic mass is 9.43. The predicted octanol–water partition coefficient (Wildman–Crippen LogP) is 7.07. The molecule has 1 aromatic rings. The minimum atomic E-state index is -0.775. The Morgan fingerprint density at radius 1 is 0.983 bits per heavy atom. The summed E-state index contributed by atoms with van der Waals surface area (Å²) >= 11 is 0. The number of guanidine groups is 1. The first-order chi connectivity index (χ1) is 27.1. The van der Waals surface area contributed by atoms with Crippen LogP contribution in [0, 0.1) is 39.2 Å².